The van der Waals surface area contributed by atoms with Gasteiger partial charge in [0.1, 0.15) is 0 Å². The van der Waals surface area contributed by atoms with Gasteiger partial charge in [0.15, 0.2) is 0 Å². The molecular weight excluding hydrogens is 150 g/mol. The van der Waals surface area contributed by atoms with Crippen LogP contribution in [0.3, 0.4) is 0 Å². The van der Waals surface area contributed by atoms with E-state index in [1.165, 1.54) is 5.56 Å². The van der Waals surface area contributed by atoms with Crippen LogP contribution >= 0.6 is 0 Å². The molecule has 0 spiro atoms. The van der Waals surface area contributed by atoms with Crippen LogP contribution in [0, 0.1) is 0 Å². The first-order chi connectivity index (χ1) is 5.97. The van der Waals surface area contributed by atoms with Gasteiger partial charge < -0.3 is 10.6 Å². The molecule has 3 nitrogen and oxygen atoms in total. The lowest BCUT2D eigenvalue weighted by Gasteiger charge is -2.24. The van der Waals surface area contributed by atoms with E-state index in [1.807, 2.05) is 12.3 Å². The fraction of sp³-hybridized carbons (Fsp3) is 0.444. The number of pyridine rings is 1. The Bertz CT molecular complexity index is 229. The summed E-state index contributed by atoms with van der Waals surface area (Å²) in [7, 11) is 0. The van der Waals surface area contributed by atoms with E-state index in [0.717, 1.165) is 19.6 Å². The first-order valence-electron chi connectivity index (χ1n) is 4.31. The standard InChI is InChI=1S/C9H13N3/c1-2-8(6-10-3-1)9-7-11-4-5-12-9/h1-3,6,9,11-12H,4-5,7H2/t9-/m1/s1. The summed E-state index contributed by atoms with van der Waals surface area (Å²) in [6, 6.07) is 4.52. The fourth-order valence-corrected chi connectivity index (χ4v) is 1.47. The van der Waals surface area contributed by atoms with Crippen LogP contribution in [0.15, 0.2) is 24.5 Å². The number of rotatable bonds is 1. The Hall–Kier alpha value is -0.930. The van der Waals surface area contributed by atoms with Gasteiger partial charge in [-0.15, -0.1) is 0 Å². The van der Waals surface area contributed by atoms with Crippen LogP contribution in [0.4, 0.5) is 0 Å². The molecule has 1 aliphatic rings. The van der Waals surface area contributed by atoms with Crippen LogP contribution in [0.1, 0.15) is 11.6 Å². The Morgan fingerprint density at radius 2 is 2.42 bits per heavy atom. The highest BCUT2D eigenvalue weighted by Crippen LogP contribution is 2.10. The zero-order valence-electron chi connectivity index (χ0n) is 6.96. The third-order valence-corrected chi connectivity index (χ3v) is 2.13. The highest BCUT2D eigenvalue weighted by Gasteiger charge is 2.13. The summed E-state index contributed by atoms with van der Waals surface area (Å²) in [6.07, 6.45) is 3.73. The molecule has 3 heteroatoms. The molecule has 0 aromatic carbocycles. The molecule has 12 heavy (non-hydrogen) atoms. The van der Waals surface area contributed by atoms with Crippen molar-refractivity contribution < 1.29 is 0 Å². The predicted octanol–water partition coefficient (Wildman–Crippen LogP) is 0.315. The lowest BCUT2D eigenvalue weighted by molar-refractivity contribution is 0.429. The van der Waals surface area contributed by atoms with Gasteiger partial charge in [-0.25, -0.2) is 0 Å². The zero-order valence-corrected chi connectivity index (χ0v) is 6.96. The zero-order chi connectivity index (χ0) is 8.23. The van der Waals surface area contributed by atoms with E-state index in [2.05, 4.69) is 21.7 Å². The molecule has 2 N–H and O–H groups in total. The highest BCUT2D eigenvalue weighted by atomic mass is 15.1. The lowest BCUT2D eigenvalue weighted by atomic mass is 10.1. The van der Waals surface area contributed by atoms with Crippen LogP contribution in [0.5, 0.6) is 0 Å². The second-order valence-electron chi connectivity index (χ2n) is 3.00. The van der Waals surface area contributed by atoms with Crippen molar-refractivity contribution in [3.8, 4) is 0 Å². The summed E-state index contributed by atoms with van der Waals surface area (Å²) in [5.41, 5.74) is 1.27. The van der Waals surface area contributed by atoms with Gasteiger partial charge >= 0.3 is 0 Å². The summed E-state index contributed by atoms with van der Waals surface area (Å²) in [6.45, 7) is 3.11. The van der Waals surface area contributed by atoms with Gasteiger partial charge in [0, 0.05) is 38.1 Å². The average molecular weight is 163 g/mol. The van der Waals surface area contributed by atoms with Gasteiger partial charge in [0.05, 0.1) is 0 Å². The van der Waals surface area contributed by atoms with Crippen molar-refractivity contribution in [2.45, 2.75) is 6.04 Å². The Morgan fingerprint density at radius 3 is 3.08 bits per heavy atom. The molecule has 0 amide bonds. The van der Waals surface area contributed by atoms with E-state index >= 15 is 0 Å². The Kier molecular flexibility index (Phi) is 2.34. The second-order valence-corrected chi connectivity index (χ2v) is 3.00. The van der Waals surface area contributed by atoms with Crippen LogP contribution in [0.2, 0.25) is 0 Å². The molecule has 1 atom stereocenters. The summed E-state index contributed by atoms with van der Waals surface area (Å²) in [5.74, 6) is 0. The van der Waals surface area contributed by atoms with E-state index in [0.29, 0.717) is 6.04 Å². The van der Waals surface area contributed by atoms with E-state index in [-0.39, 0.29) is 0 Å². The molecule has 1 aromatic heterocycles. The minimum Gasteiger partial charge on any atom is -0.314 e. The first kappa shape index (κ1) is 7.71. The van der Waals surface area contributed by atoms with Crippen LogP contribution in [-0.4, -0.2) is 24.6 Å². The summed E-state index contributed by atoms with van der Waals surface area (Å²) in [4.78, 5) is 4.09. The lowest BCUT2D eigenvalue weighted by Crippen LogP contribution is -2.42. The van der Waals surface area contributed by atoms with Gasteiger partial charge in [-0.3, -0.25) is 4.98 Å². The molecule has 0 unspecified atom stereocenters. The number of aromatic nitrogens is 1. The maximum Gasteiger partial charge on any atom is 0.0462 e. The molecule has 0 bridgehead atoms. The van der Waals surface area contributed by atoms with Gasteiger partial charge in [-0.2, -0.15) is 0 Å². The Balaban J connectivity index is 2.08. The number of hydrogen-bond donors (Lipinski definition) is 2. The molecule has 2 heterocycles. The Labute approximate surface area is 72.2 Å². The van der Waals surface area contributed by atoms with Gasteiger partial charge in [-0.1, -0.05) is 6.07 Å². The van der Waals surface area contributed by atoms with E-state index in [9.17, 15) is 0 Å². The quantitative estimate of drug-likeness (QED) is 0.626. The molecular formula is C9H13N3. The molecule has 64 valence electrons. The highest BCUT2D eigenvalue weighted by molar-refractivity contribution is 5.14. The molecule has 1 aliphatic heterocycles. The minimum atomic E-state index is 0.437. The molecule has 0 aliphatic carbocycles. The third-order valence-electron chi connectivity index (χ3n) is 2.13. The number of nitrogens with one attached hydrogen (secondary N) is 2. The first-order valence-corrected chi connectivity index (χ1v) is 4.31. The number of nitrogens with zero attached hydrogens (tertiary/aromatic N) is 1. The molecule has 2 rings (SSSR count). The van der Waals surface area contributed by atoms with E-state index in [1.54, 1.807) is 6.20 Å². The smallest absolute Gasteiger partial charge is 0.0462 e. The van der Waals surface area contributed by atoms with Crippen molar-refractivity contribution in [2.75, 3.05) is 19.6 Å². The fourth-order valence-electron chi connectivity index (χ4n) is 1.47. The van der Waals surface area contributed by atoms with Crippen molar-refractivity contribution in [3.63, 3.8) is 0 Å². The van der Waals surface area contributed by atoms with Crippen molar-refractivity contribution >= 4 is 0 Å². The topological polar surface area (TPSA) is 37.0 Å². The molecule has 1 aromatic rings. The number of piperazine rings is 1. The molecule has 0 radical (unpaired) electrons. The van der Waals surface area contributed by atoms with E-state index < -0.39 is 0 Å². The maximum atomic E-state index is 4.09. The van der Waals surface area contributed by atoms with Crippen molar-refractivity contribution in [2.24, 2.45) is 0 Å². The van der Waals surface area contributed by atoms with Gasteiger partial charge in [0.25, 0.3) is 0 Å². The van der Waals surface area contributed by atoms with Gasteiger partial charge in [-0.05, 0) is 11.6 Å². The summed E-state index contributed by atoms with van der Waals surface area (Å²) < 4.78 is 0. The predicted molar refractivity (Wildman–Crippen MR) is 47.9 cm³/mol. The van der Waals surface area contributed by atoms with Gasteiger partial charge in [0.2, 0.25) is 0 Å². The molecule has 1 fully saturated rings. The van der Waals surface area contributed by atoms with E-state index in [4.69, 9.17) is 0 Å². The summed E-state index contributed by atoms with van der Waals surface area (Å²) >= 11 is 0. The molecule has 0 saturated carbocycles. The monoisotopic (exact) mass is 163 g/mol. The van der Waals surface area contributed by atoms with Crippen LogP contribution < -0.4 is 10.6 Å². The largest absolute Gasteiger partial charge is 0.314 e. The second kappa shape index (κ2) is 3.65. The average Bonchev–Trinajstić information content (AvgIpc) is 2.21. The van der Waals surface area contributed by atoms with Crippen LogP contribution in [0.25, 0.3) is 0 Å². The third kappa shape index (κ3) is 1.62. The Morgan fingerprint density at radius 1 is 1.42 bits per heavy atom. The SMILES string of the molecule is c1cncc([C@H]2CNCCN2)c1. The molecule has 1 saturated heterocycles. The van der Waals surface area contributed by atoms with Crippen molar-refractivity contribution in [1.29, 1.82) is 0 Å². The normalized spacial score (nSPS) is 23.8. The van der Waals surface area contributed by atoms with Crippen LogP contribution in [-0.2, 0) is 0 Å². The van der Waals surface area contributed by atoms with Crippen molar-refractivity contribution in [1.82, 2.24) is 15.6 Å². The maximum absolute atomic E-state index is 4.09. The minimum absolute atomic E-state index is 0.437. The summed E-state index contributed by atoms with van der Waals surface area (Å²) in [5, 5.41) is 6.78. The number of hydrogen-bond acceptors (Lipinski definition) is 3. The van der Waals surface area contributed by atoms with Crippen molar-refractivity contribution in [3.05, 3.63) is 30.1 Å².